The van der Waals surface area contributed by atoms with Gasteiger partial charge in [-0.15, -0.1) is 0 Å². The van der Waals surface area contributed by atoms with Crippen LogP contribution in [-0.4, -0.2) is 68.4 Å². The van der Waals surface area contributed by atoms with E-state index in [0.717, 1.165) is 57.8 Å². The molecule has 0 bridgehead atoms. The molecule has 7 heteroatoms. The van der Waals surface area contributed by atoms with E-state index in [4.69, 9.17) is 21.1 Å². The fourth-order valence-corrected chi connectivity index (χ4v) is 3.75. The van der Waals surface area contributed by atoms with Crippen molar-refractivity contribution in [1.82, 2.24) is 15.1 Å². The topological polar surface area (TPSA) is 54.0 Å². The Hall–Kier alpha value is -1.50. The van der Waals surface area contributed by atoms with E-state index in [1.54, 1.807) is 7.11 Å². The second kappa shape index (κ2) is 8.74. The molecule has 2 aliphatic heterocycles. The van der Waals surface area contributed by atoms with E-state index >= 15 is 0 Å². The molecule has 1 atom stereocenters. The zero-order valence-corrected chi connectivity index (χ0v) is 15.4. The molecule has 2 heterocycles. The number of methoxy groups -OCH3 is 1. The van der Waals surface area contributed by atoms with E-state index in [-0.39, 0.29) is 12.1 Å². The van der Waals surface area contributed by atoms with E-state index in [1.165, 1.54) is 0 Å². The molecule has 138 valence electrons. The number of amides is 2. The number of morpholine rings is 1. The average Bonchev–Trinajstić information content (AvgIpc) is 3.09. The van der Waals surface area contributed by atoms with Crippen LogP contribution < -0.4 is 10.1 Å². The highest BCUT2D eigenvalue weighted by Crippen LogP contribution is 2.25. The lowest BCUT2D eigenvalue weighted by molar-refractivity contribution is 0.0292. The van der Waals surface area contributed by atoms with Crippen molar-refractivity contribution in [3.8, 4) is 5.75 Å². The third-order valence-corrected chi connectivity index (χ3v) is 5.17. The van der Waals surface area contributed by atoms with Crippen LogP contribution in [0.4, 0.5) is 4.79 Å². The molecule has 2 aliphatic rings. The van der Waals surface area contributed by atoms with Gasteiger partial charge in [-0.3, -0.25) is 4.90 Å². The maximum absolute atomic E-state index is 12.6. The number of likely N-dealkylation sites (tertiary alicyclic amines) is 1. The van der Waals surface area contributed by atoms with Gasteiger partial charge in [0.2, 0.25) is 0 Å². The molecule has 0 spiro atoms. The van der Waals surface area contributed by atoms with Crippen molar-refractivity contribution in [1.29, 1.82) is 0 Å². The summed E-state index contributed by atoms with van der Waals surface area (Å²) < 4.78 is 10.5. The lowest BCUT2D eigenvalue weighted by Crippen LogP contribution is -2.49. The molecule has 1 N–H and O–H groups in total. The number of rotatable bonds is 5. The highest BCUT2D eigenvalue weighted by molar-refractivity contribution is 6.32. The quantitative estimate of drug-likeness (QED) is 0.868. The number of carbonyl (C=O) groups excluding carboxylic acids is 1. The van der Waals surface area contributed by atoms with Gasteiger partial charge in [0.05, 0.1) is 25.3 Å². The van der Waals surface area contributed by atoms with Gasteiger partial charge in [0.1, 0.15) is 5.75 Å². The van der Waals surface area contributed by atoms with Crippen LogP contribution in [0.5, 0.6) is 5.75 Å². The lowest BCUT2D eigenvalue weighted by Gasteiger charge is -2.33. The first-order chi connectivity index (χ1) is 12.2. The molecule has 3 rings (SSSR count). The van der Waals surface area contributed by atoms with E-state index in [0.29, 0.717) is 17.3 Å². The number of hydrogen-bond acceptors (Lipinski definition) is 4. The van der Waals surface area contributed by atoms with Crippen molar-refractivity contribution in [2.45, 2.75) is 25.4 Å². The minimum absolute atomic E-state index is 0.00250. The highest BCUT2D eigenvalue weighted by atomic mass is 35.5. The molecule has 0 saturated carbocycles. The second-order valence-electron chi connectivity index (χ2n) is 6.53. The van der Waals surface area contributed by atoms with E-state index < -0.39 is 0 Å². The van der Waals surface area contributed by atoms with Crippen molar-refractivity contribution in [2.75, 3.05) is 46.5 Å². The third kappa shape index (κ3) is 4.77. The van der Waals surface area contributed by atoms with Crippen molar-refractivity contribution in [3.63, 3.8) is 0 Å². The summed E-state index contributed by atoms with van der Waals surface area (Å²) in [6, 6.07) is 5.86. The average molecular weight is 368 g/mol. The Morgan fingerprint density at radius 1 is 1.36 bits per heavy atom. The Bertz CT molecular complexity index is 593. The minimum atomic E-state index is 0.00250. The van der Waals surface area contributed by atoms with E-state index in [2.05, 4.69) is 10.2 Å². The summed E-state index contributed by atoms with van der Waals surface area (Å²) >= 11 is 6.14. The second-order valence-corrected chi connectivity index (χ2v) is 6.94. The maximum atomic E-state index is 12.6. The van der Waals surface area contributed by atoms with Crippen LogP contribution in [0, 0.1) is 0 Å². The summed E-state index contributed by atoms with van der Waals surface area (Å²) in [6.07, 6.45) is 2.13. The summed E-state index contributed by atoms with van der Waals surface area (Å²) in [5, 5.41) is 3.57. The van der Waals surface area contributed by atoms with Gasteiger partial charge in [-0.05, 0) is 30.5 Å². The number of nitrogens with one attached hydrogen (secondary N) is 1. The van der Waals surface area contributed by atoms with Crippen LogP contribution in [0.1, 0.15) is 18.4 Å². The van der Waals surface area contributed by atoms with Crippen molar-refractivity contribution >= 4 is 17.6 Å². The summed E-state index contributed by atoms with van der Waals surface area (Å²) in [5.74, 6) is 0.641. The summed E-state index contributed by atoms with van der Waals surface area (Å²) in [6.45, 7) is 5.71. The molecular weight excluding hydrogens is 342 g/mol. The monoisotopic (exact) mass is 367 g/mol. The number of ether oxygens (including phenoxy) is 2. The minimum Gasteiger partial charge on any atom is -0.495 e. The number of hydrogen-bond donors (Lipinski definition) is 1. The van der Waals surface area contributed by atoms with Gasteiger partial charge in [-0.2, -0.15) is 0 Å². The van der Waals surface area contributed by atoms with Gasteiger partial charge in [0.15, 0.2) is 0 Å². The molecule has 2 amide bonds. The maximum Gasteiger partial charge on any atom is 0.317 e. The molecule has 2 saturated heterocycles. The molecule has 1 aromatic carbocycles. The standard InChI is InChI=1S/C18H26ClN3O3/c1-24-17-5-4-14(11-16(17)19)12-20-18(23)22-6-2-3-15(22)13-21-7-9-25-10-8-21/h4-5,11,15H,2-3,6-10,12-13H2,1H3,(H,20,23). The Morgan fingerprint density at radius 2 is 2.16 bits per heavy atom. The zero-order valence-electron chi connectivity index (χ0n) is 14.7. The molecule has 2 fully saturated rings. The summed E-state index contributed by atoms with van der Waals surface area (Å²) in [4.78, 5) is 17.0. The largest absolute Gasteiger partial charge is 0.495 e. The molecule has 6 nitrogen and oxygen atoms in total. The number of halogens is 1. The lowest BCUT2D eigenvalue weighted by atomic mass is 10.2. The van der Waals surface area contributed by atoms with Gasteiger partial charge in [0, 0.05) is 38.8 Å². The Morgan fingerprint density at radius 3 is 2.88 bits per heavy atom. The first-order valence-electron chi connectivity index (χ1n) is 8.84. The van der Waals surface area contributed by atoms with Crippen LogP contribution in [0.25, 0.3) is 0 Å². The number of benzene rings is 1. The molecule has 1 unspecified atom stereocenters. The van der Waals surface area contributed by atoms with Crippen LogP contribution in [0.2, 0.25) is 5.02 Å². The molecule has 0 aliphatic carbocycles. The van der Waals surface area contributed by atoms with E-state index in [9.17, 15) is 4.79 Å². The van der Waals surface area contributed by atoms with Crippen LogP contribution in [0.3, 0.4) is 0 Å². The fraction of sp³-hybridized carbons (Fsp3) is 0.611. The van der Waals surface area contributed by atoms with Gasteiger partial charge in [0.25, 0.3) is 0 Å². The predicted octanol–water partition coefficient (Wildman–Crippen LogP) is 2.35. The van der Waals surface area contributed by atoms with Gasteiger partial charge >= 0.3 is 6.03 Å². The third-order valence-electron chi connectivity index (χ3n) is 4.87. The van der Waals surface area contributed by atoms with Crippen LogP contribution in [-0.2, 0) is 11.3 Å². The van der Waals surface area contributed by atoms with Gasteiger partial charge < -0.3 is 19.7 Å². The number of urea groups is 1. The van der Waals surface area contributed by atoms with Crippen LogP contribution >= 0.6 is 11.6 Å². The molecule has 1 aromatic rings. The fourth-order valence-electron chi connectivity index (χ4n) is 3.47. The Balaban J connectivity index is 1.52. The first-order valence-corrected chi connectivity index (χ1v) is 9.22. The molecular formula is C18H26ClN3O3. The Kier molecular flexibility index (Phi) is 6.39. The van der Waals surface area contributed by atoms with Crippen molar-refractivity contribution in [2.24, 2.45) is 0 Å². The van der Waals surface area contributed by atoms with Crippen molar-refractivity contribution in [3.05, 3.63) is 28.8 Å². The summed E-state index contributed by atoms with van der Waals surface area (Å²) in [5.41, 5.74) is 0.961. The SMILES string of the molecule is COc1ccc(CNC(=O)N2CCCC2CN2CCOCC2)cc1Cl. The van der Waals surface area contributed by atoms with Crippen molar-refractivity contribution < 1.29 is 14.3 Å². The predicted molar refractivity (Wildman–Crippen MR) is 97.2 cm³/mol. The van der Waals surface area contributed by atoms with E-state index in [1.807, 2.05) is 23.1 Å². The number of nitrogens with zero attached hydrogens (tertiary/aromatic N) is 2. The molecule has 25 heavy (non-hydrogen) atoms. The van der Waals surface area contributed by atoms with Gasteiger partial charge in [-0.1, -0.05) is 17.7 Å². The smallest absolute Gasteiger partial charge is 0.317 e. The molecule has 0 aromatic heterocycles. The first kappa shape index (κ1) is 18.3. The Labute approximate surface area is 154 Å². The van der Waals surface area contributed by atoms with Crippen LogP contribution in [0.15, 0.2) is 18.2 Å². The normalized spacial score (nSPS) is 21.4. The summed E-state index contributed by atoms with van der Waals surface area (Å²) in [7, 11) is 1.59. The number of carbonyl (C=O) groups is 1. The zero-order chi connectivity index (χ0) is 17.6. The highest BCUT2D eigenvalue weighted by Gasteiger charge is 2.30. The molecule has 0 radical (unpaired) electrons. The van der Waals surface area contributed by atoms with Gasteiger partial charge in [-0.25, -0.2) is 4.79 Å².